The van der Waals surface area contributed by atoms with Gasteiger partial charge in [0.15, 0.2) is 6.29 Å². The Morgan fingerprint density at radius 2 is 2.33 bits per heavy atom. The molecule has 0 unspecified atom stereocenters. The van der Waals surface area contributed by atoms with Gasteiger partial charge < -0.3 is 4.74 Å². The van der Waals surface area contributed by atoms with Crippen molar-refractivity contribution in [3.63, 3.8) is 0 Å². The minimum Gasteiger partial charge on any atom is -0.465 e. The molecule has 0 radical (unpaired) electrons. The summed E-state index contributed by atoms with van der Waals surface area (Å²) >= 11 is 0. The first-order valence-corrected chi connectivity index (χ1v) is 3.96. The summed E-state index contributed by atoms with van der Waals surface area (Å²) in [6.07, 6.45) is 0.510. The summed E-state index contributed by atoms with van der Waals surface area (Å²) in [5.41, 5.74) is 8.51. The topological polar surface area (TPSA) is 92.1 Å². The van der Waals surface area contributed by atoms with Gasteiger partial charge in [-0.15, -0.1) is 0 Å². The minimum atomic E-state index is -0.652. The maximum atomic E-state index is 11.3. The van der Waals surface area contributed by atoms with Gasteiger partial charge in [-0.3, -0.25) is 4.79 Å². The molecule has 76 valence electrons. The number of nitrogens with zero attached hydrogens (tertiary/aromatic N) is 3. The number of hydrogen-bond acceptors (Lipinski definition) is 4. The average molecular weight is 205 g/mol. The molecular weight excluding hydrogens is 198 g/mol. The SMILES string of the molecule is COC(=O)c1cccc(C=O)c1N=[N+]=[N-]. The molecule has 0 aliphatic rings. The second-order valence-electron chi connectivity index (χ2n) is 2.54. The number of carbonyl (C=O) groups excluding carboxylic acids is 2. The van der Waals surface area contributed by atoms with Crippen LogP contribution < -0.4 is 0 Å². The summed E-state index contributed by atoms with van der Waals surface area (Å²) < 4.78 is 4.48. The average Bonchev–Trinajstić information content (AvgIpc) is 2.28. The highest BCUT2D eigenvalue weighted by Crippen LogP contribution is 2.24. The Hall–Kier alpha value is -2.33. The molecule has 1 rings (SSSR count). The van der Waals surface area contributed by atoms with Crippen LogP contribution >= 0.6 is 0 Å². The molecule has 1 aromatic carbocycles. The Morgan fingerprint density at radius 1 is 1.60 bits per heavy atom. The molecule has 6 heteroatoms. The van der Waals surface area contributed by atoms with Crippen LogP contribution in [0, 0.1) is 0 Å². The summed E-state index contributed by atoms with van der Waals surface area (Å²) in [6, 6.07) is 4.37. The second kappa shape index (κ2) is 4.78. The van der Waals surface area contributed by atoms with Crippen LogP contribution in [0.3, 0.4) is 0 Å². The lowest BCUT2D eigenvalue weighted by Crippen LogP contribution is -2.02. The van der Waals surface area contributed by atoms with Gasteiger partial charge in [-0.1, -0.05) is 17.2 Å². The predicted molar refractivity (Wildman–Crippen MR) is 52.0 cm³/mol. The molecule has 0 saturated carbocycles. The zero-order valence-electron chi connectivity index (χ0n) is 7.88. The fourth-order valence-corrected chi connectivity index (χ4v) is 1.09. The molecule has 0 N–H and O–H groups in total. The minimum absolute atomic E-state index is 0.0122. The third kappa shape index (κ3) is 2.12. The van der Waals surface area contributed by atoms with Gasteiger partial charge in [0, 0.05) is 10.5 Å². The lowest BCUT2D eigenvalue weighted by Gasteiger charge is -2.04. The summed E-state index contributed by atoms with van der Waals surface area (Å²) in [6.45, 7) is 0. The Labute approximate surface area is 85.1 Å². The van der Waals surface area contributed by atoms with E-state index in [1.54, 1.807) is 0 Å². The first kappa shape index (κ1) is 10.7. The van der Waals surface area contributed by atoms with Gasteiger partial charge in [0.2, 0.25) is 0 Å². The molecule has 6 nitrogen and oxygen atoms in total. The van der Waals surface area contributed by atoms with E-state index >= 15 is 0 Å². The number of rotatable bonds is 3. The van der Waals surface area contributed by atoms with Crippen LogP contribution in [0.2, 0.25) is 0 Å². The molecule has 0 aliphatic carbocycles. The molecule has 0 aromatic heterocycles. The summed E-state index contributed by atoms with van der Waals surface area (Å²) in [5.74, 6) is -0.652. The van der Waals surface area contributed by atoms with Crippen LogP contribution in [0.25, 0.3) is 10.4 Å². The number of aldehydes is 1. The maximum absolute atomic E-state index is 11.3. The van der Waals surface area contributed by atoms with Crippen molar-refractivity contribution in [3.8, 4) is 0 Å². The van der Waals surface area contributed by atoms with Crippen molar-refractivity contribution >= 4 is 17.9 Å². The van der Waals surface area contributed by atoms with Crippen molar-refractivity contribution in [1.82, 2.24) is 0 Å². The maximum Gasteiger partial charge on any atom is 0.338 e. The summed E-state index contributed by atoms with van der Waals surface area (Å²) in [5, 5.41) is 3.29. The van der Waals surface area contributed by atoms with E-state index in [-0.39, 0.29) is 16.8 Å². The highest BCUT2D eigenvalue weighted by molar-refractivity contribution is 5.99. The Bertz CT molecular complexity index is 450. The van der Waals surface area contributed by atoms with Crippen molar-refractivity contribution in [2.45, 2.75) is 0 Å². The van der Waals surface area contributed by atoms with Gasteiger partial charge >= 0.3 is 5.97 Å². The van der Waals surface area contributed by atoms with E-state index in [1.807, 2.05) is 0 Å². The van der Waals surface area contributed by atoms with Gasteiger partial charge in [0.25, 0.3) is 0 Å². The molecule has 0 spiro atoms. The number of benzene rings is 1. The quantitative estimate of drug-likeness (QED) is 0.249. The van der Waals surface area contributed by atoms with Crippen molar-refractivity contribution in [3.05, 3.63) is 39.8 Å². The molecule has 0 saturated heterocycles. The number of carbonyl (C=O) groups is 2. The predicted octanol–water partition coefficient (Wildman–Crippen LogP) is 2.23. The smallest absolute Gasteiger partial charge is 0.338 e. The van der Waals surface area contributed by atoms with Crippen molar-refractivity contribution < 1.29 is 14.3 Å². The first-order chi connectivity index (χ1) is 7.24. The van der Waals surface area contributed by atoms with Gasteiger partial charge in [-0.05, 0) is 11.6 Å². The highest BCUT2D eigenvalue weighted by atomic mass is 16.5. The van der Waals surface area contributed by atoms with Crippen LogP contribution in [0.4, 0.5) is 5.69 Å². The number of esters is 1. The van der Waals surface area contributed by atoms with Crippen molar-refractivity contribution in [2.75, 3.05) is 7.11 Å². The van der Waals surface area contributed by atoms with Crippen LogP contribution in [0.15, 0.2) is 23.3 Å². The molecule has 1 aromatic rings. The van der Waals surface area contributed by atoms with E-state index in [9.17, 15) is 9.59 Å². The molecule has 0 atom stereocenters. The van der Waals surface area contributed by atoms with E-state index < -0.39 is 5.97 Å². The van der Waals surface area contributed by atoms with Crippen molar-refractivity contribution in [1.29, 1.82) is 0 Å². The second-order valence-corrected chi connectivity index (χ2v) is 2.54. The van der Waals surface area contributed by atoms with Crippen LogP contribution in [-0.2, 0) is 4.74 Å². The fraction of sp³-hybridized carbons (Fsp3) is 0.111. The zero-order chi connectivity index (χ0) is 11.3. The lowest BCUT2D eigenvalue weighted by atomic mass is 10.1. The zero-order valence-corrected chi connectivity index (χ0v) is 7.88. The van der Waals surface area contributed by atoms with Crippen LogP contribution in [0.1, 0.15) is 20.7 Å². The lowest BCUT2D eigenvalue weighted by molar-refractivity contribution is 0.0601. The van der Waals surface area contributed by atoms with E-state index in [0.29, 0.717) is 6.29 Å². The normalized spacial score (nSPS) is 8.87. The highest BCUT2D eigenvalue weighted by Gasteiger charge is 2.13. The standard InChI is InChI=1S/C9H7N3O3/c1-15-9(14)7-4-2-3-6(5-13)8(7)11-12-10/h2-5H,1H3. The third-order valence-corrected chi connectivity index (χ3v) is 1.74. The Balaban J connectivity index is 3.43. The van der Waals surface area contributed by atoms with Crippen molar-refractivity contribution in [2.24, 2.45) is 5.11 Å². The van der Waals surface area contributed by atoms with E-state index in [2.05, 4.69) is 14.8 Å². The number of azide groups is 1. The Kier molecular flexibility index (Phi) is 3.43. The monoisotopic (exact) mass is 205 g/mol. The van der Waals surface area contributed by atoms with E-state index in [4.69, 9.17) is 5.53 Å². The molecule has 15 heavy (non-hydrogen) atoms. The number of methoxy groups -OCH3 is 1. The summed E-state index contributed by atoms with van der Waals surface area (Å²) in [7, 11) is 1.20. The molecule has 0 aliphatic heterocycles. The number of ether oxygens (including phenoxy) is 1. The van der Waals surface area contributed by atoms with Gasteiger partial charge in [-0.2, -0.15) is 0 Å². The summed E-state index contributed by atoms with van der Waals surface area (Å²) in [4.78, 5) is 24.4. The van der Waals surface area contributed by atoms with Crippen LogP contribution in [-0.4, -0.2) is 19.4 Å². The van der Waals surface area contributed by atoms with Gasteiger partial charge in [0.1, 0.15) is 0 Å². The van der Waals surface area contributed by atoms with E-state index in [0.717, 1.165) is 0 Å². The molecule has 0 heterocycles. The number of hydrogen-bond donors (Lipinski definition) is 0. The third-order valence-electron chi connectivity index (χ3n) is 1.74. The van der Waals surface area contributed by atoms with Gasteiger partial charge in [-0.25, -0.2) is 4.79 Å². The molecule has 0 bridgehead atoms. The van der Waals surface area contributed by atoms with Gasteiger partial charge in [0.05, 0.1) is 18.4 Å². The molecule has 0 amide bonds. The molecule has 0 fully saturated rings. The fourth-order valence-electron chi connectivity index (χ4n) is 1.09. The first-order valence-electron chi connectivity index (χ1n) is 3.96. The molecular formula is C9H7N3O3. The van der Waals surface area contributed by atoms with Crippen LogP contribution in [0.5, 0.6) is 0 Å². The van der Waals surface area contributed by atoms with E-state index in [1.165, 1.54) is 25.3 Å². The largest absolute Gasteiger partial charge is 0.465 e. The Morgan fingerprint density at radius 3 is 2.87 bits per heavy atom.